The first-order chi connectivity index (χ1) is 12.0. The van der Waals surface area contributed by atoms with Gasteiger partial charge in [0.05, 0.1) is 5.69 Å². The Morgan fingerprint density at radius 3 is 2.76 bits per heavy atom. The van der Waals surface area contributed by atoms with Crippen LogP contribution in [-0.2, 0) is 9.59 Å². The molecule has 1 aliphatic heterocycles. The van der Waals surface area contributed by atoms with Gasteiger partial charge in [0.25, 0.3) is 0 Å². The Balaban J connectivity index is 1.63. The van der Waals surface area contributed by atoms with Crippen molar-refractivity contribution in [2.45, 2.75) is 18.6 Å². The van der Waals surface area contributed by atoms with Crippen molar-refractivity contribution in [3.8, 4) is 0 Å². The predicted octanol–water partition coefficient (Wildman–Crippen LogP) is 3.90. The second-order valence-electron chi connectivity index (χ2n) is 5.56. The van der Waals surface area contributed by atoms with Crippen LogP contribution in [0.25, 0.3) is 0 Å². The Morgan fingerprint density at radius 1 is 1.28 bits per heavy atom. The van der Waals surface area contributed by atoms with Crippen LogP contribution >= 0.6 is 23.4 Å². The number of nitrogens with zero attached hydrogens (tertiary/aromatic N) is 1. The molecular formula is C18H16ClN3O2S. The maximum Gasteiger partial charge on any atom is 0.240 e. The number of thioether (sulfide) groups is 1. The molecule has 0 bridgehead atoms. The second kappa shape index (κ2) is 7.72. The molecule has 1 heterocycles. The molecule has 5 nitrogen and oxygen atoms in total. The maximum atomic E-state index is 12.1. The number of nitrogens with one attached hydrogen (secondary N) is 2. The van der Waals surface area contributed by atoms with Crippen molar-refractivity contribution < 1.29 is 9.59 Å². The molecule has 2 aromatic carbocycles. The highest BCUT2D eigenvalue weighted by Gasteiger charge is 2.32. The zero-order valence-corrected chi connectivity index (χ0v) is 15.0. The number of hydrogen-bond donors (Lipinski definition) is 2. The molecule has 3 rings (SSSR count). The minimum absolute atomic E-state index is 0.0824. The monoisotopic (exact) mass is 373 g/mol. The van der Waals surface area contributed by atoms with Crippen LogP contribution in [0, 0.1) is 6.92 Å². The fourth-order valence-electron chi connectivity index (χ4n) is 2.26. The van der Waals surface area contributed by atoms with E-state index in [1.54, 1.807) is 18.2 Å². The summed E-state index contributed by atoms with van der Waals surface area (Å²) in [6, 6.07) is 14.6. The third kappa shape index (κ3) is 4.61. The Bertz CT molecular complexity index is 839. The first-order valence-electron chi connectivity index (χ1n) is 7.68. The molecule has 0 unspecified atom stereocenters. The predicted molar refractivity (Wildman–Crippen MR) is 102 cm³/mol. The molecule has 0 radical (unpaired) electrons. The number of anilines is 1. The van der Waals surface area contributed by atoms with Crippen molar-refractivity contribution in [3.63, 3.8) is 0 Å². The highest BCUT2D eigenvalue weighted by atomic mass is 35.5. The van der Waals surface area contributed by atoms with Crippen molar-refractivity contribution in [2.24, 2.45) is 4.99 Å². The second-order valence-corrected chi connectivity index (χ2v) is 7.16. The number of benzene rings is 2. The molecule has 1 atom stereocenters. The number of carbonyl (C=O) groups is 2. The Labute approximate surface area is 154 Å². The number of carbonyl (C=O) groups excluding carboxylic acids is 2. The SMILES string of the molecule is Cc1ccc(N=C2NC(=O)[C@@H](CC(=O)Nc3ccccc3)S2)cc1Cl. The highest BCUT2D eigenvalue weighted by molar-refractivity contribution is 8.15. The normalized spacial score (nSPS) is 18.2. The van der Waals surface area contributed by atoms with Crippen LogP contribution in [0.5, 0.6) is 0 Å². The van der Waals surface area contributed by atoms with E-state index in [0.717, 1.165) is 5.56 Å². The minimum Gasteiger partial charge on any atom is -0.326 e. The summed E-state index contributed by atoms with van der Waals surface area (Å²) in [5.41, 5.74) is 2.33. The molecule has 2 amide bonds. The van der Waals surface area contributed by atoms with Crippen LogP contribution < -0.4 is 10.6 Å². The zero-order chi connectivity index (χ0) is 17.8. The van der Waals surface area contributed by atoms with E-state index in [1.807, 2.05) is 37.3 Å². The summed E-state index contributed by atoms with van der Waals surface area (Å²) in [5, 5.41) is 6.08. The first kappa shape index (κ1) is 17.5. The topological polar surface area (TPSA) is 70.6 Å². The van der Waals surface area contributed by atoms with Crippen LogP contribution in [0.1, 0.15) is 12.0 Å². The summed E-state index contributed by atoms with van der Waals surface area (Å²) < 4.78 is 0. The number of amidine groups is 1. The third-order valence-corrected chi connectivity index (χ3v) is 5.08. The molecule has 7 heteroatoms. The van der Waals surface area contributed by atoms with E-state index in [0.29, 0.717) is 21.6 Å². The lowest BCUT2D eigenvalue weighted by Gasteiger charge is -2.07. The summed E-state index contributed by atoms with van der Waals surface area (Å²) in [5.74, 6) is -0.427. The van der Waals surface area contributed by atoms with Gasteiger partial charge >= 0.3 is 0 Å². The first-order valence-corrected chi connectivity index (χ1v) is 8.94. The van der Waals surface area contributed by atoms with Crippen LogP contribution in [0.4, 0.5) is 11.4 Å². The van der Waals surface area contributed by atoms with Crippen LogP contribution in [0.2, 0.25) is 5.02 Å². The van der Waals surface area contributed by atoms with Crippen molar-refractivity contribution >= 4 is 51.7 Å². The molecule has 0 spiro atoms. The molecule has 2 N–H and O–H groups in total. The van der Waals surface area contributed by atoms with E-state index in [-0.39, 0.29) is 18.2 Å². The van der Waals surface area contributed by atoms with Gasteiger partial charge in [0.1, 0.15) is 5.25 Å². The van der Waals surface area contributed by atoms with Gasteiger partial charge in [-0.15, -0.1) is 0 Å². The largest absolute Gasteiger partial charge is 0.326 e. The molecule has 0 aliphatic carbocycles. The maximum absolute atomic E-state index is 12.1. The van der Waals surface area contributed by atoms with Crippen molar-refractivity contribution in [1.29, 1.82) is 0 Å². The number of amides is 2. The van der Waals surface area contributed by atoms with Crippen molar-refractivity contribution in [3.05, 3.63) is 59.1 Å². The van der Waals surface area contributed by atoms with Crippen LogP contribution in [0.15, 0.2) is 53.5 Å². The van der Waals surface area contributed by atoms with Crippen LogP contribution in [-0.4, -0.2) is 22.2 Å². The molecule has 1 saturated heterocycles. The average Bonchev–Trinajstić information content (AvgIpc) is 2.91. The molecular weight excluding hydrogens is 358 g/mol. The summed E-state index contributed by atoms with van der Waals surface area (Å²) in [6.45, 7) is 1.91. The van der Waals surface area contributed by atoms with E-state index >= 15 is 0 Å². The molecule has 25 heavy (non-hydrogen) atoms. The quantitative estimate of drug-likeness (QED) is 0.853. The number of para-hydroxylation sites is 1. The number of rotatable bonds is 4. The summed E-state index contributed by atoms with van der Waals surface area (Å²) in [6.07, 6.45) is 0.0824. The fraction of sp³-hybridized carbons (Fsp3) is 0.167. The molecule has 2 aromatic rings. The van der Waals surface area contributed by atoms with E-state index in [1.165, 1.54) is 11.8 Å². The minimum atomic E-state index is -0.497. The van der Waals surface area contributed by atoms with Crippen molar-refractivity contribution in [2.75, 3.05) is 5.32 Å². The molecule has 128 valence electrons. The molecule has 1 fully saturated rings. The smallest absolute Gasteiger partial charge is 0.240 e. The summed E-state index contributed by atoms with van der Waals surface area (Å²) >= 11 is 7.33. The molecule has 0 aromatic heterocycles. The van der Waals surface area contributed by atoms with Crippen molar-refractivity contribution in [1.82, 2.24) is 5.32 Å². The van der Waals surface area contributed by atoms with Crippen LogP contribution in [0.3, 0.4) is 0 Å². The fourth-order valence-corrected chi connectivity index (χ4v) is 3.43. The number of halogens is 1. The van der Waals surface area contributed by atoms with E-state index in [9.17, 15) is 9.59 Å². The number of aliphatic imine (C=N–C) groups is 1. The summed E-state index contributed by atoms with van der Waals surface area (Å²) in [7, 11) is 0. The van der Waals surface area contributed by atoms with E-state index in [2.05, 4.69) is 15.6 Å². The lowest BCUT2D eigenvalue weighted by Crippen LogP contribution is -2.28. The Hall–Kier alpha value is -2.31. The van der Waals surface area contributed by atoms with E-state index in [4.69, 9.17) is 11.6 Å². The lowest BCUT2D eigenvalue weighted by atomic mass is 10.2. The zero-order valence-electron chi connectivity index (χ0n) is 13.5. The number of hydrogen-bond acceptors (Lipinski definition) is 4. The van der Waals surface area contributed by atoms with Gasteiger partial charge in [0, 0.05) is 17.1 Å². The van der Waals surface area contributed by atoms with Gasteiger partial charge in [-0.3, -0.25) is 9.59 Å². The Kier molecular flexibility index (Phi) is 5.40. The van der Waals surface area contributed by atoms with Gasteiger partial charge in [-0.2, -0.15) is 0 Å². The van der Waals surface area contributed by atoms with Gasteiger partial charge < -0.3 is 10.6 Å². The van der Waals surface area contributed by atoms with Gasteiger partial charge in [0.15, 0.2) is 5.17 Å². The van der Waals surface area contributed by atoms with Gasteiger partial charge in [-0.25, -0.2) is 4.99 Å². The third-order valence-electron chi connectivity index (χ3n) is 3.59. The van der Waals surface area contributed by atoms with Gasteiger partial charge in [-0.1, -0.05) is 47.6 Å². The summed E-state index contributed by atoms with van der Waals surface area (Å²) in [4.78, 5) is 28.5. The molecule has 0 saturated carbocycles. The average molecular weight is 374 g/mol. The standard InChI is InChI=1S/C18H16ClN3O2S/c1-11-7-8-13(9-14(11)19)21-18-22-17(24)15(25-18)10-16(23)20-12-5-3-2-4-6-12/h2-9,15H,10H2,1H3,(H,20,23)(H,21,22,24)/t15-/m1/s1. The van der Waals surface area contributed by atoms with Gasteiger partial charge in [0.2, 0.25) is 11.8 Å². The Morgan fingerprint density at radius 2 is 2.04 bits per heavy atom. The van der Waals surface area contributed by atoms with E-state index < -0.39 is 5.25 Å². The highest BCUT2D eigenvalue weighted by Crippen LogP contribution is 2.27. The number of aryl methyl sites for hydroxylation is 1. The lowest BCUT2D eigenvalue weighted by molar-refractivity contribution is -0.122. The van der Waals surface area contributed by atoms with Gasteiger partial charge in [-0.05, 0) is 36.8 Å². The molecule has 1 aliphatic rings.